The molecule has 1 aromatic heterocycles. The normalized spacial score (nSPS) is 11.4. The maximum atomic E-state index is 13.1. The SMILES string of the molecule is O=C(Cc1cccc(Cc2cc(-c3ccccc3)ncn2)c1)Cc1ccc(Cl)c(C(F)(F)F)c1. The molecule has 3 nitrogen and oxygen atoms in total. The molecule has 0 saturated heterocycles. The van der Waals surface area contributed by atoms with Gasteiger partial charge in [-0.2, -0.15) is 13.2 Å². The van der Waals surface area contributed by atoms with Gasteiger partial charge in [-0.25, -0.2) is 9.97 Å². The van der Waals surface area contributed by atoms with Crippen LogP contribution in [0.1, 0.15) is 27.9 Å². The number of Topliss-reactive ketones (excluding diaryl/α,β-unsaturated/α-hetero) is 1. The van der Waals surface area contributed by atoms with E-state index < -0.39 is 11.7 Å². The zero-order valence-electron chi connectivity index (χ0n) is 18.0. The molecule has 3 aromatic carbocycles. The predicted octanol–water partition coefficient (Wildman–Crippen LogP) is 6.76. The number of rotatable bonds is 7. The summed E-state index contributed by atoms with van der Waals surface area (Å²) in [5.74, 6) is -0.180. The molecule has 1 heterocycles. The van der Waals surface area contributed by atoms with E-state index in [1.807, 2.05) is 60.7 Å². The van der Waals surface area contributed by atoms with Crippen molar-refractivity contribution in [2.75, 3.05) is 0 Å². The number of hydrogen-bond acceptors (Lipinski definition) is 3. The third-order valence-electron chi connectivity index (χ3n) is 5.31. The molecule has 4 rings (SSSR count). The molecule has 0 fully saturated rings. The van der Waals surface area contributed by atoms with Crippen molar-refractivity contribution in [3.8, 4) is 11.3 Å². The van der Waals surface area contributed by atoms with Crippen LogP contribution in [0, 0.1) is 0 Å². The van der Waals surface area contributed by atoms with E-state index >= 15 is 0 Å². The standard InChI is InChI=1S/C27H20ClF3N2O/c28-25-10-9-20(15-24(25)27(29,30)31)14-23(34)13-19-6-4-5-18(11-19)12-22-16-26(33-17-32-22)21-7-2-1-3-8-21/h1-11,15-17H,12-14H2. The van der Waals surface area contributed by atoms with Crippen LogP contribution in [0.4, 0.5) is 13.2 Å². The van der Waals surface area contributed by atoms with E-state index in [9.17, 15) is 18.0 Å². The molecule has 0 saturated carbocycles. The summed E-state index contributed by atoms with van der Waals surface area (Å²) in [5.41, 5.74) is 3.81. The maximum absolute atomic E-state index is 13.1. The van der Waals surface area contributed by atoms with Gasteiger partial charge in [-0.3, -0.25) is 4.79 Å². The molecule has 0 spiro atoms. The smallest absolute Gasteiger partial charge is 0.299 e. The van der Waals surface area contributed by atoms with Gasteiger partial charge in [0.25, 0.3) is 0 Å². The molecule has 0 bridgehead atoms. The first-order valence-electron chi connectivity index (χ1n) is 10.6. The van der Waals surface area contributed by atoms with E-state index in [0.717, 1.165) is 34.1 Å². The van der Waals surface area contributed by atoms with E-state index in [1.165, 1.54) is 18.5 Å². The minimum absolute atomic E-state index is 0.100. The molecule has 0 atom stereocenters. The highest BCUT2D eigenvalue weighted by atomic mass is 35.5. The molecule has 4 aromatic rings. The van der Waals surface area contributed by atoms with Crippen molar-refractivity contribution in [2.45, 2.75) is 25.4 Å². The van der Waals surface area contributed by atoms with E-state index in [1.54, 1.807) is 0 Å². The molecular weight excluding hydrogens is 461 g/mol. The number of nitrogens with zero attached hydrogens (tertiary/aromatic N) is 2. The first-order valence-corrected chi connectivity index (χ1v) is 11.0. The minimum Gasteiger partial charge on any atom is -0.299 e. The van der Waals surface area contributed by atoms with Gasteiger partial charge in [-0.1, -0.05) is 72.3 Å². The largest absolute Gasteiger partial charge is 0.417 e. The molecular formula is C27H20ClF3N2O. The van der Waals surface area contributed by atoms with Crippen molar-refractivity contribution >= 4 is 17.4 Å². The Balaban J connectivity index is 1.44. The Kier molecular flexibility index (Phi) is 7.08. The van der Waals surface area contributed by atoms with Crippen LogP contribution < -0.4 is 0 Å². The molecule has 0 aliphatic rings. The lowest BCUT2D eigenvalue weighted by molar-refractivity contribution is -0.137. The maximum Gasteiger partial charge on any atom is 0.417 e. The van der Waals surface area contributed by atoms with Gasteiger partial charge in [-0.05, 0) is 34.9 Å². The van der Waals surface area contributed by atoms with Crippen LogP contribution >= 0.6 is 11.6 Å². The van der Waals surface area contributed by atoms with Crippen molar-refractivity contribution in [2.24, 2.45) is 0 Å². The van der Waals surface area contributed by atoms with Crippen LogP contribution in [0.3, 0.4) is 0 Å². The summed E-state index contributed by atoms with van der Waals surface area (Å²) in [4.78, 5) is 21.3. The van der Waals surface area contributed by atoms with Crippen LogP contribution in [0.15, 0.2) is 85.2 Å². The van der Waals surface area contributed by atoms with Gasteiger partial charge in [0.1, 0.15) is 12.1 Å². The Hall–Kier alpha value is -3.51. The topological polar surface area (TPSA) is 42.9 Å². The van der Waals surface area contributed by atoms with Gasteiger partial charge in [-0.15, -0.1) is 0 Å². The van der Waals surface area contributed by atoms with Crippen molar-refractivity contribution in [1.82, 2.24) is 9.97 Å². The number of halogens is 4. The summed E-state index contributed by atoms with van der Waals surface area (Å²) < 4.78 is 39.2. The van der Waals surface area contributed by atoms with Crippen LogP contribution in [-0.4, -0.2) is 15.8 Å². The molecule has 0 radical (unpaired) electrons. The Morgan fingerprint density at radius 2 is 1.50 bits per heavy atom. The number of alkyl halides is 3. The number of aromatic nitrogens is 2. The zero-order chi connectivity index (χ0) is 24.1. The summed E-state index contributed by atoms with van der Waals surface area (Å²) >= 11 is 5.66. The minimum atomic E-state index is -4.56. The summed E-state index contributed by atoms with van der Waals surface area (Å²) in [5, 5.41) is -0.378. The average molecular weight is 481 g/mol. The molecule has 0 amide bonds. The molecule has 34 heavy (non-hydrogen) atoms. The summed E-state index contributed by atoms with van der Waals surface area (Å²) in [6.07, 6.45) is -2.44. The van der Waals surface area contributed by atoms with Gasteiger partial charge in [0.2, 0.25) is 0 Å². The van der Waals surface area contributed by atoms with Crippen LogP contribution in [-0.2, 0) is 30.2 Å². The Bertz CT molecular complexity index is 1310. The lowest BCUT2D eigenvalue weighted by Crippen LogP contribution is -2.10. The second kappa shape index (κ2) is 10.2. The molecule has 172 valence electrons. The van der Waals surface area contributed by atoms with Gasteiger partial charge < -0.3 is 0 Å². The number of ketones is 1. The van der Waals surface area contributed by atoms with Crippen molar-refractivity contribution in [1.29, 1.82) is 0 Å². The first kappa shape index (κ1) is 23.6. The number of hydrogen-bond donors (Lipinski definition) is 0. The summed E-state index contributed by atoms with van der Waals surface area (Å²) in [6, 6.07) is 22.9. The third-order valence-corrected chi connectivity index (χ3v) is 5.64. The van der Waals surface area contributed by atoms with Crippen LogP contribution in [0.25, 0.3) is 11.3 Å². The molecule has 0 N–H and O–H groups in total. The van der Waals surface area contributed by atoms with Crippen molar-refractivity contribution in [3.05, 3.63) is 118 Å². The molecule has 0 aliphatic carbocycles. The fraction of sp³-hybridized carbons (Fsp3) is 0.148. The quantitative estimate of drug-likeness (QED) is 0.293. The third kappa shape index (κ3) is 6.08. The molecule has 0 aliphatic heterocycles. The highest BCUT2D eigenvalue weighted by Gasteiger charge is 2.33. The Labute approximate surface area is 200 Å². The molecule has 0 unspecified atom stereocenters. The van der Waals surface area contributed by atoms with Crippen molar-refractivity contribution < 1.29 is 18.0 Å². The fourth-order valence-electron chi connectivity index (χ4n) is 3.74. The first-order chi connectivity index (χ1) is 16.3. The van der Waals surface area contributed by atoms with Crippen LogP contribution in [0.2, 0.25) is 5.02 Å². The van der Waals surface area contributed by atoms with E-state index in [-0.39, 0.29) is 29.2 Å². The summed E-state index contributed by atoms with van der Waals surface area (Å²) in [7, 11) is 0. The predicted molar refractivity (Wildman–Crippen MR) is 126 cm³/mol. The van der Waals surface area contributed by atoms with Gasteiger partial charge >= 0.3 is 6.18 Å². The Morgan fingerprint density at radius 3 is 2.24 bits per heavy atom. The average Bonchev–Trinajstić information content (AvgIpc) is 2.80. The second-order valence-corrected chi connectivity index (χ2v) is 8.37. The Morgan fingerprint density at radius 1 is 0.794 bits per heavy atom. The molecule has 7 heteroatoms. The van der Waals surface area contributed by atoms with Gasteiger partial charge in [0, 0.05) is 30.5 Å². The number of benzene rings is 3. The number of carbonyl (C=O) groups is 1. The van der Waals surface area contributed by atoms with Crippen LogP contribution in [0.5, 0.6) is 0 Å². The van der Waals surface area contributed by atoms with E-state index in [4.69, 9.17) is 11.6 Å². The lowest BCUT2D eigenvalue weighted by atomic mass is 9.99. The fourth-order valence-corrected chi connectivity index (χ4v) is 3.96. The monoisotopic (exact) mass is 480 g/mol. The zero-order valence-corrected chi connectivity index (χ0v) is 18.8. The second-order valence-electron chi connectivity index (χ2n) is 7.96. The lowest BCUT2D eigenvalue weighted by Gasteiger charge is -2.11. The van der Waals surface area contributed by atoms with Crippen molar-refractivity contribution in [3.63, 3.8) is 0 Å². The van der Waals surface area contributed by atoms with Gasteiger partial charge in [0.05, 0.1) is 16.3 Å². The summed E-state index contributed by atoms with van der Waals surface area (Å²) in [6.45, 7) is 0. The van der Waals surface area contributed by atoms with E-state index in [0.29, 0.717) is 6.42 Å². The highest BCUT2D eigenvalue weighted by molar-refractivity contribution is 6.31. The van der Waals surface area contributed by atoms with E-state index in [2.05, 4.69) is 9.97 Å². The van der Waals surface area contributed by atoms with Gasteiger partial charge in [0.15, 0.2) is 0 Å². The number of carbonyl (C=O) groups excluding carboxylic acids is 1. The highest BCUT2D eigenvalue weighted by Crippen LogP contribution is 2.35.